The number of hydrogen-bond acceptors (Lipinski definition) is 3. The average molecular weight is 363 g/mol. The number of aromatic nitrogens is 2. The van der Waals surface area contributed by atoms with Crippen molar-refractivity contribution in [3.8, 4) is 5.75 Å². The fourth-order valence-corrected chi connectivity index (χ4v) is 4.08. The summed E-state index contributed by atoms with van der Waals surface area (Å²) in [6, 6.07) is 12.3. The van der Waals surface area contributed by atoms with E-state index in [-0.39, 0.29) is 11.9 Å². The number of hydrogen-bond donors (Lipinski definition) is 0. The maximum Gasteiger partial charge on any atom is 0.224 e. The lowest BCUT2D eigenvalue weighted by Crippen LogP contribution is -2.38. The average Bonchev–Trinajstić information content (AvgIpc) is 3.16. The van der Waals surface area contributed by atoms with Crippen LogP contribution in [0.2, 0.25) is 0 Å². The maximum absolute atomic E-state index is 13.0. The van der Waals surface area contributed by atoms with Crippen LogP contribution in [0.25, 0.3) is 10.9 Å². The van der Waals surface area contributed by atoms with Gasteiger partial charge in [-0.2, -0.15) is 0 Å². The zero-order valence-corrected chi connectivity index (χ0v) is 15.7. The lowest BCUT2D eigenvalue weighted by molar-refractivity contribution is -0.135. The topological polar surface area (TPSA) is 47.4 Å². The Morgan fingerprint density at radius 1 is 1.22 bits per heavy atom. The van der Waals surface area contributed by atoms with Gasteiger partial charge >= 0.3 is 0 Å². The Kier molecular flexibility index (Phi) is 5.10. The number of piperidine rings is 1. The minimum Gasteiger partial charge on any atom is -0.496 e. The highest BCUT2D eigenvalue weighted by atomic mass is 16.5. The predicted molar refractivity (Wildman–Crippen MR) is 106 cm³/mol. The van der Waals surface area contributed by atoms with E-state index in [9.17, 15) is 4.79 Å². The number of fused-ring (bicyclic) bond motifs is 1. The highest BCUT2D eigenvalue weighted by molar-refractivity contribution is 5.86. The third kappa shape index (κ3) is 3.54. The van der Waals surface area contributed by atoms with Crippen molar-refractivity contribution in [3.05, 3.63) is 60.6 Å². The smallest absolute Gasteiger partial charge is 0.224 e. The highest BCUT2D eigenvalue weighted by Gasteiger charge is 2.27. The second-order valence-electron chi connectivity index (χ2n) is 7.04. The molecule has 1 aromatic carbocycles. The summed E-state index contributed by atoms with van der Waals surface area (Å²) in [5, 5.41) is 1.08. The predicted octanol–water partition coefficient (Wildman–Crippen LogP) is 4.19. The summed E-state index contributed by atoms with van der Waals surface area (Å²) in [6.07, 6.45) is 9.46. The van der Waals surface area contributed by atoms with Crippen LogP contribution in [-0.2, 0) is 11.3 Å². The monoisotopic (exact) mass is 363 g/mol. The lowest BCUT2D eigenvalue weighted by atomic mass is 9.96. The molecule has 0 aliphatic carbocycles. The van der Waals surface area contributed by atoms with Gasteiger partial charge in [0.25, 0.3) is 0 Å². The first kappa shape index (κ1) is 17.6. The molecule has 0 N–H and O–H groups in total. The van der Waals surface area contributed by atoms with E-state index in [0.29, 0.717) is 13.0 Å². The maximum atomic E-state index is 13.0. The van der Waals surface area contributed by atoms with Crippen LogP contribution in [-0.4, -0.2) is 34.0 Å². The zero-order valence-electron chi connectivity index (χ0n) is 15.7. The number of carbonyl (C=O) groups excluding carboxylic acids is 1. The molecule has 0 unspecified atom stereocenters. The Hall–Kier alpha value is -2.82. The first-order chi connectivity index (χ1) is 13.3. The third-order valence-electron chi connectivity index (χ3n) is 5.45. The minimum atomic E-state index is 0.154. The van der Waals surface area contributed by atoms with E-state index in [2.05, 4.69) is 27.8 Å². The van der Waals surface area contributed by atoms with E-state index in [0.717, 1.165) is 48.0 Å². The number of pyridine rings is 1. The van der Waals surface area contributed by atoms with E-state index in [1.807, 2.05) is 35.5 Å². The summed E-state index contributed by atoms with van der Waals surface area (Å²) in [5.41, 5.74) is 2.24. The molecule has 0 saturated carbocycles. The second-order valence-corrected chi connectivity index (χ2v) is 7.04. The second kappa shape index (κ2) is 7.82. The van der Waals surface area contributed by atoms with Crippen LogP contribution >= 0.6 is 0 Å². The summed E-state index contributed by atoms with van der Waals surface area (Å²) in [6.45, 7) is 1.50. The Balaban J connectivity index is 1.49. The molecule has 5 nitrogen and oxygen atoms in total. The van der Waals surface area contributed by atoms with E-state index in [1.165, 1.54) is 0 Å². The number of benzene rings is 1. The van der Waals surface area contributed by atoms with Gasteiger partial charge in [0.2, 0.25) is 5.91 Å². The van der Waals surface area contributed by atoms with Gasteiger partial charge < -0.3 is 14.2 Å². The van der Waals surface area contributed by atoms with Crippen molar-refractivity contribution in [3.63, 3.8) is 0 Å². The fourth-order valence-electron chi connectivity index (χ4n) is 4.08. The van der Waals surface area contributed by atoms with Gasteiger partial charge in [0.15, 0.2) is 0 Å². The normalized spacial score (nSPS) is 17.2. The van der Waals surface area contributed by atoms with Gasteiger partial charge in [0.05, 0.1) is 18.7 Å². The zero-order chi connectivity index (χ0) is 18.6. The summed E-state index contributed by atoms with van der Waals surface area (Å²) < 4.78 is 7.57. The van der Waals surface area contributed by atoms with Crippen molar-refractivity contribution >= 4 is 16.8 Å². The van der Waals surface area contributed by atoms with Crippen molar-refractivity contribution in [2.75, 3.05) is 13.7 Å². The van der Waals surface area contributed by atoms with E-state index in [1.54, 1.807) is 13.3 Å². The molecule has 0 spiro atoms. The van der Waals surface area contributed by atoms with Crippen LogP contribution in [0.3, 0.4) is 0 Å². The summed E-state index contributed by atoms with van der Waals surface area (Å²) in [7, 11) is 1.69. The van der Waals surface area contributed by atoms with E-state index >= 15 is 0 Å². The van der Waals surface area contributed by atoms with E-state index < -0.39 is 0 Å². The Bertz CT molecular complexity index is 920. The first-order valence-electron chi connectivity index (χ1n) is 9.59. The molecule has 5 heteroatoms. The first-order valence-corrected chi connectivity index (χ1v) is 9.59. The molecule has 1 saturated heterocycles. The van der Waals surface area contributed by atoms with Crippen LogP contribution in [0.5, 0.6) is 5.75 Å². The molecule has 2 aromatic heterocycles. The number of amides is 1. The van der Waals surface area contributed by atoms with Crippen molar-refractivity contribution in [2.45, 2.75) is 38.3 Å². The van der Waals surface area contributed by atoms with Crippen molar-refractivity contribution in [1.82, 2.24) is 14.5 Å². The SMILES string of the molecule is COc1cccc2c1ccn2CCC(=O)N1CCCC[C@@H]1c1cccnc1. The lowest BCUT2D eigenvalue weighted by Gasteiger charge is -2.36. The number of nitrogens with zero attached hydrogens (tertiary/aromatic N) is 3. The van der Waals surface area contributed by atoms with Crippen molar-refractivity contribution in [1.29, 1.82) is 0 Å². The highest BCUT2D eigenvalue weighted by Crippen LogP contribution is 2.31. The van der Waals surface area contributed by atoms with Gasteiger partial charge in [-0.05, 0) is 49.1 Å². The van der Waals surface area contributed by atoms with Gasteiger partial charge in [-0.1, -0.05) is 12.1 Å². The quantitative estimate of drug-likeness (QED) is 0.683. The third-order valence-corrected chi connectivity index (χ3v) is 5.45. The molecule has 4 rings (SSSR count). The number of likely N-dealkylation sites (tertiary alicyclic amines) is 1. The molecule has 3 heterocycles. The molecule has 0 radical (unpaired) electrons. The molecule has 0 bridgehead atoms. The van der Waals surface area contributed by atoms with Gasteiger partial charge in [-0.15, -0.1) is 0 Å². The Morgan fingerprint density at radius 2 is 2.15 bits per heavy atom. The molecule has 27 heavy (non-hydrogen) atoms. The number of aryl methyl sites for hydroxylation is 1. The van der Waals surface area contributed by atoms with Gasteiger partial charge in [0.1, 0.15) is 5.75 Å². The number of carbonyl (C=O) groups is 1. The molecule has 1 aliphatic heterocycles. The van der Waals surface area contributed by atoms with Gasteiger partial charge in [-0.3, -0.25) is 9.78 Å². The molecular weight excluding hydrogens is 338 g/mol. The number of ether oxygens (including phenoxy) is 1. The van der Waals surface area contributed by atoms with Crippen LogP contribution in [0.4, 0.5) is 0 Å². The molecular formula is C22H25N3O2. The van der Waals surface area contributed by atoms with Crippen LogP contribution in [0.1, 0.15) is 37.3 Å². The number of rotatable bonds is 5. The summed E-state index contributed by atoms with van der Waals surface area (Å²) in [5.74, 6) is 1.08. The van der Waals surface area contributed by atoms with Crippen LogP contribution in [0, 0.1) is 0 Å². The van der Waals surface area contributed by atoms with Gasteiger partial charge in [-0.25, -0.2) is 0 Å². The Labute approximate surface area is 159 Å². The van der Waals surface area contributed by atoms with Crippen LogP contribution < -0.4 is 4.74 Å². The molecule has 1 fully saturated rings. The standard InChI is InChI=1S/C22H25N3O2/c1-27-21-9-4-8-20-18(21)10-14-24(20)15-11-22(26)25-13-3-2-7-19(25)17-6-5-12-23-16-17/h4-6,8-10,12,14,16,19H,2-3,7,11,13,15H2,1H3/t19-/m1/s1. The van der Waals surface area contributed by atoms with Crippen molar-refractivity contribution < 1.29 is 9.53 Å². The number of methoxy groups -OCH3 is 1. The van der Waals surface area contributed by atoms with Crippen LogP contribution in [0.15, 0.2) is 55.0 Å². The van der Waals surface area contributed by atoms with Crippen molar-refractivity contribution in [2.24, 2.45) is 0 Å². The summed E-state index contributed by atoms with van der Waals surface area (Å²) in [4.78, 5) is 19.3. The fraction of sp³-hybridized carbons (Fsp3) is 0.364. The summed E-state index contributed by atoms with van der Waals surface area (Å²) >= 11 is 0. The largest absolute Gasteiger partial charge is 0.496 e. The molecule has 1 atom stereocenters. The molecule has 1 amide bonds. The van der Waals surface area contributed by atoms with Gasteiger partial charge in [0, 0.05) is 43.5 Å². The van der Waals surface area contributed by atoms with E-state index in [4.69, 9.17) is 4.74 Å². The minimum absolute atomic E-state index is 0.154. The molecule has 3 aromatic rings. The molecule has 140 valence electrons. The molecule has 1 aliphatic rings. The Morgan fingerprint density at radius 3 is 2.96 bits per heavy atom.